The second-order valence-electron chi connectivity index (χ2n) is 6.80. The Morgan fingerprint density at radius 2 is 2.04 bits per heavy atom. The van der Waals surface area contributed by atoms with Crippen molar-refractivity contribution in [1.82, 2.24) is 10.3 Å². The summed E-state index contributed by atoms with van der Waals surface area (Å²) in [6.07, 6.45) is 10.0. The molecule has 2 aromatic rings. The molecule has 23 heavy (non-hydrogen) atoms. The number of aromatic nitrogens is 1. The van der Waals surface area contributed by atoms with Crippen LogP contribution in [0.3, 0.4) is 0 Å². The largest absolute Gasteiger partial charge is 0.395 e. The van der Waals surface area contributed by atoms with Gasteiger partial charge in [-0.3, -0.25) is 4.98 Å². The lowest BCUT2D eigenvalue weighted by molar-refractivity contribution is 0.265. The van der Waals surface area contributed by atoms with Gasteiger partial charge < -0.3 is 15.3 Å². The SMILES string of the molecule is OCCNC1CCC(N2CCc3cncc4cccc2c34)CC1. The summed E-state index contributed by atoms with van der Waals surface area (Å²) >= 11 is 0. The van der Waals surface area contributed by atoms with Crippen molar-refractivity contribution in [2.75, 3.05) is 24.6 Å². The standard InChI is InChI=1S/C19H25N3O/c23-11-9-21-16-4-6-17(7-5-16)22-10-8-15-13-20-12-14-2-1-3-18(22)19(14)15/h1-3,12-13,16-17,21,23H,4-11H2. The molecule has 0 saturated heterocycles. The third-order valence-electron chi connectivity index (χ3n) is 5.45. The van der Waals surface area contributed by atoms with Crippen LogP contribution in [0.2, 0.25) is 0 Å². The van der Waals surface area contributed by atoms with Crippen molar-refractivity contribution in [3.63, 3.8) is 0 Å². The van der Waals surface area contributed by atoms with Gasteiger partial charge in [0.05, 0.1) is 6.61 Å². The van der Waals surface area contributed by atoms with Gasteiger partial charge in [0.15, 0.2) is 0 Å². The number of pyridine rings is 1. The molecule has 0 radical (unpaired) electrons. The molecule has 1 aliphatic heterocycles. The molecule has 0 spiro atoms. The van der Waals surface area contributed by atoms with Gasteiger partial charge >= 0.3 is 0 Å². The average molecular weight is 311 g/mol. The predicted octanol–water partition coefficient (Wildman–Crippen LogP) is 2.49. The van der Waals surface area contributed by atoms with Crippen LogP contribution in [0.25, 0.3) is 10.8 Å². The lowest BCUT2D eigenvalue weighted by Crippen LogP contribution is -2.44. The van der Waals surface area contributed by atoms with E-state index in [-0.39, 0.29) is 6.61 Å². The van der Waals surface area contributed by atoms with Crippen molar-refractivity contribution in [1.29, 1.82) is 0 Å². The Kier molecular flexibility index (Phi) is 4.19. The van der Waals surface area contributed by atoms with Crippen LogP contribution < -0.4 is 10.2 Å². The maximum absolute atomic E-state index is 8.96. The molecule has 4 rings (SSSR count). The van der Waals surface area contributed by atoms with E-state index in [9.17, 15) is 0 Å². The van der Waals surface area contributed by atoms with Gasteiger partial charge in [0.1, 0.15) is 0 Å². The van der Waals surface area contributed by atoms with E-state index in [1.807, 2.05) is 12.4 Å². The molecule has 2 aliphatic rings. The second kappa shape index (κ2) is 6.46. The van der Waals surface area contributed by atoms with Gasteiger partial charge in [0.2, 0.25) is 0 Å². The van der Waals surface area contributed by atoms with E-state index in [2.05, 4.69) is 33.4 Å². The monoisotopic (exact) mass is 311 g/mol. The smallest absolute Gasteiger partial charge is 0.0556 e. The molecule has 0 bridgehead atoms. The Morgan fingerprint density at radius 3 is 2.87 bits per heavy atom. The highest BCUT2D eigenvalue weighted by molar-refractivity contribution is 5.97. The molecule has 1 fully saturated rings. The van der Waals surface area contributed by atoms with Gasteiger partial charge in [-0.2, -0.15) is 0 Å². The molecule has 0 atom stereocenters. The quantitative estimate of drug-likeness (QED) is 0.911. The van der Waals surface area contributed by atoms with Crippen LogP contribution in [0.4, 0.5) is 5.69 Å². The van der Waals surface area contributed by atoms with E-state index >= 15 is 0 Å². The first-order valence-corrected chi connectivity index (χ1v) is 8.83. The summed E-state index contributed by atoms with van der Waals surface area (Å²) in [6.45, 7) is 2.06. The van der Waals surface area contributed by atoms with Crippen LogP contribution in [0, 0.1) is 0 Å². The van der Waals surface area contributed by atoms with E-state index in [1.54, 1.807) is 0 Å². The lowest BCUT2D eigenvalue weighted by atomic mass is 9.88. The fraction of sp³-hybridized carbons (Fsp3) is 0.526. The fourth-order valence-corrected chi connectivity index (χ4v) is 4.32. The van der Waals surface area contributed by atoms with E-state index in [0.717, 1.165) is 19.5 Å². The topological polar surface area (TPSA) is 48.4 Å². The van der Waals surface area contributed by atoms with Crippen molar-refractivity contribution in [2.45, 2.75) is 44.2 Å². The lowest BCUT2D eigenvalue weighted by Gasteiger charge is -2.41. The highest BCUT2D eigenvalue weighted by Gasteiger charge is 2.29. The molecule has 1 aromatic carbocycles. The van der Waals surface area contributed by atoms with Crippen LogP contribution in [-0.4, -0.2) is 41.9 Å². The number of rotatable bonds is 4. The van der Waals surface area contributed by atoms with Crippen molar-refractivity contribution < 1.29 is 5.11 Å². The van der Waals surface area contributed by atoms with Crippen molar-refractivity contribution in [3.05, 3.63) is 36.2 Å². The van der Waals surface area contributed by atoms with Crippen molar-refractivity contribution >= 4 is 16.5 Å². The second-order valence-corrected chi connectivity index (χ2v) is 6.80. The highest BCUT2D eigenvalue weighted by atomic mass is 16.3. The molecule has 1 aliphatic carbocycles. The van der Waals surface area contributed by atoms with Gasteiger partial charge in [-0.15, -0.1) is 0 Å². The number of aliphatic hydroxyl groups is 1. The summed E-state index contributed by atoms with van der Waals surface area (Å²) in [5.74, 6) is 0. The average Bonchev–Trinajstić information content (AvgIpc) is 2.61. The molecule has 4 heteroatoms. The number of nitrogens with zero attached hydrogens (tertiary/aromatic N) is 2. The van der Waals surface area contributed by atoms with Gasteiger partial charge in [0, 0.05) is 54.0 Å². The van der Waals surface area contributed by atoms with Crippen LogP contribution in [0.15, 0.2) is 30.6 Å². The summed E-state index contributed by atoms with van der Waals surface area (Å²) in [7, 11) is 0. The van der Waals surface area contributed by atoms with E-state index in [1.165, 1.54) is 47.7 Å². The number of aliphatic hydroxyl groups excluding tert-OH is 1. The van der Waals surface area contributed by atoms with Gasteiger partial charge in [-0.1, -0.05) is 12.1 Å². The minimum Gasteiger partial charge on any atom is -0.395 e. The van der Waals surface area contributed by atoms with Crippen molar-refractivity contribution in [2.24, 2.45) is 0 Å². The summed E-state index contributed by atoms with van der Waals surface area (Å²) < 4.78 is 0. The van der Waals surface area contributed by atoms with Crippen molar-refractivity contribution in [3.8, 4) is 0 Å². The Labute approximate surface area is 137 Å². The molecular weight excluding hydrogens is 286 g/mol. The van der Waals surface area contributed by atoms with E-state index < -0.39 is 0 Å². The summed E-state index contributed by atoms with van der Waals surface area (Å²) in [6, 6.07) is 7.84. The van der Waals surface area contributed by atoms with Gasteiger partial charge in [-0.25, -0.2) is 0 Å². The molecule has 1 aromatic heterocycles. The molecule has 0 amide bonds. The minimum atomic E-state index is 0.235. The van der Waals surface area contributed by atoms with E-state index in [4.69, 9.17) is 5.11 Å². The normalized spacial score (nSPS) is 24.1. The fourth-order valence-electron chi connectivity index (χ4n) is 4.32. The Bertz CT molecular complexity index is 674. The van der Waals surface area contributed by atoms with E-state index in [0.29, 0.717) is 12.1 Å². The first-order valence-electron chi connectivity index (χ1n) is 8.83. The highest BCUT2D eigenvalue weighted by Crippen LogP contribution is 2.37. The minimum absolute atomic E-state index is 0.235. The zero-order chi connectivity index (χ0) is 15.6. The number of nitrogens with one attached hydrogen (secondary N) is 1. The molecule has 2 heterocycles. The Morgan fingerprint density at radius 1 is 1.17 bits per heavy atom. The number of hydrogen-bond donors (Lipinski definition) is 2. The van der Waals surface area contributed by atoms with Crippen LogP contribution >= 0.6 is 0 Å². The first kappa shape index (κ1) is 14.9. The van der Waals surface area contributed by atoms with Gasteiger partial charge in [0.25, 0.3) is 0 Å². The molecular formula is C19H25N3O. The zero-order valence-electron chi connectivity index (χ0n) is 13.5. The third-order valence-corrected chi connectivity index (χ3v) is 5.45. The zero-order valence-corrected chi connectivity index (χ0v) is 13.5. The van der Waals surface area contributed by atoms with Crippen LogP contribution in [0.1, 0.15) is 31.2 Å². The number of anilines is 1. The molecule has 0 unspecified atom stereocenters. The summed E-state index contributed by atoms with van der Waals surface area (Å²) in [4.78, 5) is 7.02. The summed E-state index contributed by atoms with van der Waals surface area (Å²) in [5, 5.41) is 15.1. The Balaban J connectivity index is 1.54. The predicted molar refractivity (Wildman–Crippen MR) is 93.9 cm³/mol. The number of hydrogen-bond acceptors (Lipinski definition) is 4. The third kappa shape index (κ3) is 2.81. The Hall–Kier alpha value is -1.65. The van der Waals surface area contributed by atoms with Crippen LogP contribution in [-0.2, 0) is 6.42 Å². The molecule has 1 saturated carbocycles. The van der Waals surface area contributed by atoms with Crippen LogP contribution in [0.5, 0.6) is 0 Å². The maximum atomic E-state index is 8.96. The summed E-state index contributed by atoms with van der Waals surface area (Å²) in [5.41, 5.74) is 2.80. The molecule has 2 N–H and O–H groups in total. The molecule has 122 valence electrons. The molecule has 4 nitrogen and oxygen atoms in total. The van der Waals surface area contributed by atoms with Gasteiger partial charge in [-0.05, 0) is 43.7 Å². The maximum Gasteiger partial charge on any atom is 0.0556 e. The first-order chi connectivity index (χ1) is 11.4. The number of benzene rings is 1.